The van der Waals surface area contributed by atoms with Crippen molar-refractivity contribution in [2.75, 3.05) is 13.2 Å². The van der Waals surface area contributed by atoms with E-state index in [-0.39, 0.29) is 25.0 Å². The lowest BCUT2D eigenvalue weighted by molar-refractivity contribution is -0.166. The Morgan fingerprint density at radius 1 is 1.05 bits per heavy atom. The van der Waals surface area contributed by atoms with Crippen LogP contribution in [0.4, 0.5) is 13.2 Å². The van der Waals surface area contributed by atoms with Gasteiger partial charge in [-0.25, -0.2) is 0 Å². The van der Waals surface area contributed by atoms with Crippen molar-refractivity contribution in [2.24, 2.45) is 0 Å². The van der Waals surface area contributed by atoms with Crippen molar-refractivity contribution in [3.8, 4) is 0 Å². The summed E-state index contributed by atoms with van der Waals surface area (Å²) < 4.78 is 49.3. The summed E-state index contributed by atoms with van der Waals surface area (Å²) in [5.74, 6) is -1.16. The average Bonchev–Trinajstić information content (AvgIpc) is 2.71. The molecule has 1 aliphatic heterocycles. The Morgan fingerprint density at radius 3 is 2.40 bits per heavy atom. The van der Waals surface area contributed by atoms with Crippen LogP contribution in [0.15, 0.2) is 18.2 Å². The highest BCUT2D eigenvalue weighted by atomic mass is 19.4. The molecule has 1 aliphatic carbocycles. The summed E-state index contributed by atoms with van der Waals surface area (Å²) in [5.41, 5.74) is 0.394. The molecule has 0 saturated carbocycles. The third-order valence-electron chi connectivity index (χ3n) is 3.66. The maximum Gasteiger partial charge on any atom is 0.416 e. The molecule has 2 aliphatic rings. The summed E-state index contributed by atoms with van der Waals surface area (Å²) >= 11 is 0. The lowest BCUT2D eigenvalue weighted by Gasteiger charge is -2.25. The first kappa shape index (κ1) is 13.6. The second-order valence-corrected chi connectivity index (χ2v) is 5.16. The van der Waals surface area contributed by atoms with E-state index >= 15 is 0 Å². The van der Waals surface area contributed by atoms with Crippen LogP contribution in [0.2, 0.25) is 0 Å². The van der Waals surface area contributed by atoms with Gasteiger partial charge < -0.3 is 9.47 Å². The Morgan fingerprint density at radius 2 is 1.75 bits per heavy atom. The molecule has 0 amide bonds. The first-order valence-electron chi connectivity index (χ1n) is 6.37. The fourth-order valence-corrected chi connectivity index (χ4v) is 2.77. The molecule has 1 aromatic carbocycles. The van der Waals surface area contributed by atoms with Gasteiger partial charge in [-0.3, -0.25) is 4.79 Å². The fourth-order valence-electron chi connectivity index (χ4n) is 2.77. The number of carbonyl (C=O) groups excluding carboxylic acids is 1. The molecule has 1 heterocycles. The third-order valence-corrected chi connectivity index (χ3v) is 3.66. The topological polar surface area (TPSA) is 35.5 Å². The Hall–Kier alpha value is -1.40. The van der Waals surface area contributed by atoms with Crippen molar-refractivity contribution in [1.29, 1.82) is 0 Å². The number of fused-ring (bicyclic) bond motifs is 1. The molecule has 20 heavy (non-hydrogen) atoms. The van der Waals surface area contributed by atoms with Gasteiger partial charge in [0.1, 0.15) is 5.78 Å². The molecule has 3 nitrogen and oxygen atoms in total. The lowest BCUT2D eigenvalue weighted by atomic mass is 9.98. The molecule has 1 spiro atoms. The number of rotatable bonds is 0. The first-order chi connectivity index (χ1) is 9.38. The molecule has 0 bridgehead atoms. The van der Waals surface area contributed by atoms with Gasteiger partial charge in [0.25, 0.3) is 0 Å². The van der Waals surface area contributed by atoms with Gasteiger partial charge in [-0.15, -0.1) is 0 Å². The quantitative estimate of drug-likeness (QED) is 0.735. The van der Waals surface area contributed by atoms with E-state index in [1.807, 2.05) is 0 Å². The Balaban J connectivity index is 2.02. The second-order valence-electron chi connectivity index (χ2n) is 5.16. The molecule has 0 unspecified atom stereocenters. The van der Waals surface area contributed by atoms with E-state index in [1.165, 1.54) is 6.07 Å². The van der Waals surface area contributed by atoms with Gasteiger partial charge in [0.05, 0.1) is 25.2 Å². The fraction of sp³-hybridized carbons (Fsp3) is 0.500. The zero-order valence-corrected chi connectivity index (χ0v) is 10.6. The van der Waals surface area contributed by atoms with Crippen LogP contribution in [0.5, 0.6) is 0 Å². The molecule has 1 aromatic rings. The normalized spacial score (nSPS) is 21.9. The minimum absolute atomic E-state index is 0.0783. The molecule has 108 valence electrons. The monoisotopic (exact) mass is 286 g/mol. The van der Waals surface area contributed by atoms with E-state index in [0.717, 1.165) is 12.1 Å². The number of benzene rings is 1. The summed E-state index contributed by atoms with van der Waals surface area (Å²) in [7, 11) is 0. The zero-order chi connectivity index (χ0) is 14.4. The number of Topliss-reactive ketones (excluding diaryl/α,β-unsaturated/α-hetero) is 1. The highest BCUT2D eigenvalue weighted by molar-refractivity contribution is 5.83. The summed E-state index contributed by atoms with van der Waals surface area (Å²) in [6.45, 7) is 0.725. The van der Waals surface area contributed by atoms with E-state index in [9.17, 15) is 18.0 Å². The molecule has 6 heteroatoms. The zero-order valence-electron chi connectivity index (χ0n) is 10.6. The van der Waals surface area contributed by atoms with Gasteiger partial charge in [-0.05, 0) is 23.3 Å². The molecular weight excluding hydrogens is 273 g/mol. The predicted molar refractivity (Wildman–Crippen MR) is 63.1 cm³/mol. The number of hydrogen-bond acceptors (Lipinski definition) is 3. The second kappa shape index (κ2) is 4.56. The van der Waals surface area contributed by atoms with Crippen molar-refractivity contribution >= 4 is 5.78 Å². The van der Waals surface area contributed by atoms with Crippen molar-refractivity contribution < 1.29 is 27.4 Å². The van der Waals surface area contributed by atoms with Crippen LogP contribution in [0.1, 0.15) is 23.1 Å². The third kappa shape index (κ3) is 2.45. The number of alkyl halides is 3. The summed E-state index contributed by atoms with van der Waals surface area (Å²) in [5, 5.41) is 0. The summed E-state index contributed by atoms with van der Waals surface area (Å²) in [4.78, 5) is 11.9. The molecule has 1 fully saturated rings. The Kier molecular flexibility index (Phi) is 3.10. The average molecular weight is 286 g/mol. The van der Waals surface area contributed by atoms with E-state index < -0.39 is 17.5 Å². The van der Waals surface area contributed by atoms with E-state index in [1.54, 1.807) is 0 Å². The Bertz CT molecular complexity index is 545. The number of hydrogen-bond donors (Lipinski definition) is 0. The highest BCUT2D eigenvalue weighted by Crippen LogP contribution is 2.36. The van der Waals surface area contributed by atoms with Crippen molar-refractivity contribution in [2.45, 2.75) is 31.2 Å². The van der Waals surface area contributed by atoms with Gasteiger partial charge in [0, 0.05) is 12.8 Å². The molecular formula is C14H13F3O3. The molecule has 1 saturated heterocycles. The van der Waals surface area contributed by atoms with Gasteiger partial charge in [-0.2, -0.15) is 13.2 Å². The first-order valence-corrected chi connectivity index (χ1v) is 6.37. The summed E-state index contributed by atoms with van der Waals surface area (Å²) in [6.07, 6.45) is -4.00. The molecule has 0 radical (unpaired) electrons. The molecule has 0 atom stereocenters. The van der Waals surface area contributed by atoms with Gasteiger partial charge >= 0.3 is 6.18 Å². The van der Waals surface area contributed by atoms with E-state index in [2.05, 4.69) is 0 Å². The van der Waals surface area contributed by atoms with Crippen LogP contribution in [0.25, 0.3) is 0 Å². The van der Waals surface area contributed by atoms with Crippen LogP contribution >= 0.6 is 0 Å². The van der Waals surface area contributed by atoms with Gasteiger partial charge in [-0.1, -0.05) is 6.07 Å². The summed E-state index contributed by atoms with van der Waals surface area (Å²) in [6, 6.07) is 3.49. The predicted octanol–water partition coefficient (Wildman–Crippen LogP) is 2.51. The minimum Gasteiger partial charge on any atom is -0.347 e. The van der Waals surface area contributed by atoms with Gasteiger partial charge in [0.15, 0.2) is 5.79 Å². The largest absolute Gasteiger partial charge is 0.416 e. The van der Waals surface area contributed by atoms with Crippen molar-refractivity contribution in [3.63, 3.8) is 0 Å². The molecule has 0 N–H and O–H groups in total. The number of ether oxygens (including phenoxy) is 2. The lowest BCUT2D eigenvalue weighted by Crippen LogP contribution is -2.34. The standard InChI is InChI=1S/C14H13F3O3/c15-14(16,17)11-2-1-9-6-12(18)8-13(7-10(9)5-11)19-3-4-20-13/h1-2,5H,3-4,6-8H2. The van der Waals surface area contributed by atoms with Crippen molar-refractivity contribution in [3.05, 3.63) is 34.9 Å². The van der Waals surface area contributed by atoms with Crippen LogP contribution in [0.3, 0.4) is 0 Å². The highest BCUT2D eigenvalue weighted by Gasteiger charge is 2.42. The van der Waals surface area contributed by atoms with Crippen LogP contribution < -0.4 is 0 Å². The smallest absolute Gasteiger partial charge is 0.347 e. The molecule has 0 aromatic heterocycles. The maximum atomic E-state index is 12.8. The van der Waals surface area contributed by atoms with Crippen LogP contribution in [0, 0.1) is 0 Å². The number of ketones is 1. The molecule has 3 rings (SSSR count). The van der Waals surface area contributed by atoms with Crippen LogP contribution in [-0.4, -0.2) is 24.8 Å². The van der Waals surface area contributed by atoms with E-state index in [4.69, 9.17) is 9.47 Å². The maximum absolute atomic E-state index is 12.8. The van der Waals surface area contributed by atoms with Crippen LogP contribution in [-0.2, 0) is 33.3 Å². The SMILES string of the molecule is O=C1Cc2ccc(C(F)(F)F)cc2CC2(C1)OCCO2. The van der Waals surface area contributed by atoms with Gasteiger partial charge in [0.2, 0.25) is 0 Å². The minimum atomic E-state index is -4.39. The Labute approximate surface area is 113 Å². The number of halogens is 3. The number of carbonyl (C=O) groups is 1. The van der Waals surface area contributed by atoms with E-state index in [0.29, 0.717) is 24.3 Å². The van der Waals surface area contributed by atoms with Crippen molar-refractivity contribution in [1.82, 2.24) is 0 Å².